The average molecular weight is 796 g/mol. The zero-order chi connectivity index (χ0) is 45.1. The summed E-state index contributed by atoms with van der Waals surface area (Å²) in [6, 6.07) is 57.7. The van der Waals surface area contributed by atoms with E-state index in [0.29, 0.717) is 45.2 Å². The summed E-state index contributed by atoms with van der Waals surface area (Å²) in [5.41, 5.74) is 6.85. The van der Waals surface area contributed by atoms with Crippen molar-refractivity contribution in [3.8, 4) is 51.0 Å². The number of hydrogen-bond donors (Lipinski definition) is 0. The normalized spacial score (nSPS) is 13.0. The maximum atomic E-state index is 8.83. The van der Waals surface area contributed by atoms with E-state index in [1.54, 1.807) is 12.1 Å². The third-order valence-electron chi connectivity index (χ3n) is 12.1. The molecule has 5 heteroatoms. The Balaban J connectivity index is 1.15. The van der Waals surface area contributed by atoms with Gasteiger partial charge in [0.05, 0.1) is 23.5 Å². The second kappa shape index (κ2) is 13.6. The Hall–Kier alpha value is -8.41. The van der Waals surface area contributed by atoms with Gasteiger partial charge in [-0.3, -0.25) is 0 Å². The van der Waals surface area contributed by atoms with Gasteiger partial charge in [-0.15, -0.1) is 0 Å². The summed E-state index contributed by atoms with van der Waals surface area (Å²) in [7, 11) is 0. The number of hydrogen-bond acceptors (Lipinski definition) is 4. The summed E-state index contributed by atoms with van der Waals surface area (Å²) < 4.78 is 51.9. The molecule has 10 aromatic carbocycles. The number of fused-ring (bicyclic) bond motifs is 12. The molecule has 0 amide bonds. The Morgan fingerprint density at radius 1 is 0.387 bits per heavy atom. The Kier molecular flexibility index (Phi) is 6.51. The van der Waals surface area contributed by atoms with Crippen LogP contribution in [0.5, 0.6) is 0 Å². The average Bonchev–Trinajstić information content (AvgIpc) is 3.93. The fourth-order valence-corrected chi connectivity index (χ4v) is 9.38. The molecule has 5 nitrogen and oxygen atoms in total. The lowest BCUT2D eigenvalue weighted by atomic mass is 9.91. The van der Waals surface area contributed by atoms with Crippen LogP contribution in [0, 0.1) is 0 Å². The van der Waals surface area contributed by atoms with Crippen molar-refractivity contribution in [2.45, 2.75) is 0 Å². The summed E-state index contributed by atoms with van der Waals surface area (Å²) in [6.45, 7) is 0. The predicted octanol–water partition coefficient (Wildman–Crippen LogP) is 15.0. The summed E-state index contributed by atoms with van der Waals surface area (Å²) in [6.07, 6.45) is 0. The van der Waals surface area contributed by atoms with Gasteiger partial charge in [-0.1, -0.05) is 170 Å². The van der Waals surface area contributed by atoms with Gasteiger partial charge in [-0.05, 0) is 74.5 Å². The second-order valence-corrected chi connectivity index (χ2v) is 15.5. The van der Waals surface area contributed by atoms with Gasteiger partial charge in [0.2, 0.25) is 0 Å². The number of aromatic nitrogens is 4. The fraction of sp³-hybridized carbons (Fsp3) is 0. The van der Waals surface area contributed by atoms with Gasteiger partial charge < -0.3 is 8.98 Å². The first-order valence-corrected chi connectivity index (χ1v) is 20.5. The molecule has 0 saturated carbocycles. The van der Waals surface area contributed by atoms with Crippen molar-refractivity contribution in [2.24, 2.45) is 0 Å². The van der Waals surface area contributed by atoms with E-state index in [2.05, 4.69) is 120 Å². The quantitative estimate of drug-likeness (QED) is 0.163. The van der Waals surface area contributed by atoms with Crippen LogP contribution in [0.3, 0.4) is 0 Å². The lowest BCUT2D eigenvalue weighted by molar-refractivity contribution is 0.669. The van der Waals surface area contributed by atoms with Gasteiger partial charge in [0.15, 0.2) is 17.5 Å². The van der Waals surface area contributed by atoms with Crippen molar-refractivity contribution in [3.63, 3.8) is 0 Å². The van der Waals surface area contributed by atoms with E-state index in [1.807, 2.05) is 48.5 Å². The molecule has 0 aliphatic heterocycles. The molecule has 62 heavy (non-hydrogen) atoms. The van der Waals surface area contributed by atoms with Gasteiger partial charge >= 0.3 is 0 Å². The zero-order valence-corrected chi connectivity index (χ0v) is 32.9. The van der Waals surface area contributed by atoms with Crippen LogP contribution < -0.4 is 0 Å². The second-order valence-electron chi connectivity index (χ2n) is 15.5. The smallest absolute Gasteiger partial charge is 0.167 e. The number of nitrogens with zero attached hydrogens (tertiary/aromatic N) is 4. The first-order valence-electron chi connectivity index (χ1n) is 23.0. The highest BCUT2D eigenvalue weighted by molar-refractivity contribution is 6.28. The highest BCUT2D eigenvalue weighted by Gasteiger charge is 2.23. The molecule has 0 fully saturated rings. The molecule has 3 aromatic heterocycles. The van der Waals surface area contributed by atoms with Crippen molar-refractivity contribution in [1.29, 1.82) is 0 Å². The van der Waals surface area contributed by atoms with E-state index in [9.17, 15) is 0 Å². The Morgan fingerprint density at radius 3 is 1.65 bits per heavy atom. The van der Waals surface area contributed by atoms with Gasteiger partial charge in [-0.25, -0.2) is 15.0 Å². The topological polar surface area (TPSA) is 56.7 Å². The maximum Gasteiger partial charge on any atom is 0.167 e. The Bertz CT molecular complexity index is 4110. The molecule has 0 bridgehead atoms. The first kappa shape index (κ1) is 29.7. The molecule has 0 N–H and O–H groups in total. The number of furan rings is 1. The highest BCUT2D eigenvalue weighted by atomic mass is 16.3. The van der Waals surface area contributed by atoms with Crippen molar-refractivity contribution >= 4 is 76.1 Å². The van der Waals surface area contributed by atoms with E-state index in [1.165, 1.54) is 5.39 Å². The first-order chi connectivity index (χ1) is 32.8. The summed E-state index contributed by atoms with van der Waals surface area (Å²) in [4.78, 5) is 16.0. The van der Waals surface area contributed by atoms with Crippen molar-refractivity contribution < 1.29 is 11.3 Å². The van der Waals surface area contributed by atoms with Gasteiger partial charge in [0.25, 0.3) is 0 Å². The lowest BCUT2D eigenvalue weighted by Gasteiger charge is -2.15. The van der Waals surface area contributed by atoms with Gasteiger partial charge in [-0.2, -0.15) is 0 Å². The fourth-order valence-electron chi connectivity index (χ4n) is 9.38. The van der Waals surface area contributed by atoms with Crippen LogP contribution >= 0.6 is 0 Å². The summed E-state index contributed by atoms with van der Waals surface area (Å²) >= 11 is 0. The monoisotopic (exact) mass is 795 g/mol. The largest absolute Gasteiger partial charge is 0.455 e. The molecule has 0 spiro atoms. The van der Waals surface area contributed by atoms with Crippen LogP contribution in [-0.2, 0) is 0 Å². The van der Waals surface area contributed by atoms with E-state index in [4.69, 9.17) is 26.2 Å². The van der Waals surface area contributed by atoms with Crippen LogP contribution in [0.25, 0.3) is 127 Å². The van der Waals surface area contributed by atoms with Gasteiger partial charge in [0.1, 0.15) is 11.2 Å². The summed E-state index contributed by atoms with van der Waals surface area (Å²) in [5, 5.41) is 10.3. The summed E-state index contributed by atoms with van der Waals surface area (Å²) in [5.74, 6) is 1.41. The minimum Gasteiger partial charge on any atom is -0.455 e. The molecule has 0 atom stereocenters. The van der Waals surface area contributed by atoms with E-state index < -0.39 is 18.1 Å². The number of para-hydroxylation sites is 2. The van der Waals surface area contributed by atoms with Crippen molar-refractivity contribution in [3.05, 3.63) is 206 Å². The van der Waals surface area contributed by atoms with Crippen LogP contribution in [-0.4, -0.2) is 19.5 Å². The molecule has 0 aliphatic rings. The molecule has 0 aliphatic carbocycles. The van der Waals surface area contributed by atoms with E-state index in [-0.39, 0.29) is 17.6 Å². The van der Waals surface area contributed by atoms with E-state index >= 15 is 0 Å². The standard InChI is InChI=1S/C57H34N4O/c1-3-16-35(17-4-1)37-30-31-52-47(32-37)48-33-38(61-50-28-13-11-23-42(50)43-24-12-14-29-51(43)61)34-49(54(48)62-52)57-59-55(36-18-5-2-6-19-36)58-56(60-57)46-27-15-26-45-41-21-8-7-20-39(41)40-22-9-10-25-44(40)53(45)46/h1-34H/i1D,3D,4D,16D,17D. The van der Waals surface area contributed by atoms with Crippen LogP contribution in [0.4, 0.5) is 0 Å². The predicted molar refractivity (Wildman–Crippen MR) is 256 cm³/mol. The molecular formula is C57H34N4O. The Morgan fingerprint density at radius 2 is 0.952 bits per heavy atom. The van der Waals surface area contributed by atoms with Crippen LogP contribution in [0.15, 0.2) is 211 Å². The molecule has 0 unspecified atom stereocenters. The third-order valence-corrected chi connectivity index (χ3v) is 12.1. The Labute approximate surface area is 362 Å². The number of rotatable bonds is 5. The van der Waals surface area contributed by atoms with Crippen LogP contribution in [0.2, 0.25) is 0 Å². The van der Waals surface area contributed by atoms with Gasteiger partial charge in [0, 0.05) is 43.7 Å². The zero-order valence-electron chi connectivity index (χ0n) is 37.9. The number of benzene rings is 10. The minimum absolute atomic E-state index is 0.117. The highest BCUT2D eigenvalue weighted by Crippen LogP contribution is 2.43. The molecule has 0 radical (unpaired) electrons. The molecule has 288 valence electrons. The molecule has 3 heterocycles. The maximum absolute atomic E-state index is 8.83. The molecular weight excluding hydrogens is 757 g/mol. The third kappa shape index (κ3) is 5.25. The lowest BCUT2D eigenvalue weighted by Crippen LogP contribution is -2.02. The molecule has 0 saturated heterocycles. The minimum atomic E-state index is -0.439. The van der Waals surface area contributed by atoms with Crippen molar-refractivity contribution in [2.75, 3.05) is 0 Å². The SMILES string of the molecule is [2H]c1c([2H])c([2H])c(-c2ccc3oc4c(-c5nc(-c6ccccc6)nc(-c6cccc7c8ccccc8c8ccccc8c67)n5)cc(-n5c6ccccc6c6ccccc65)cc4c3c2)c([2H])c1[2H]. The van der Waals surface area contributed by atoms with Crippen LogP contribution in [0.1, 0.15) is 6.85 Å². The molecule has 13 rings (SSSR count). The molecule has 13 aromatic rings. The van der Waals surface area contributed by atoms with E-state index in [0.717, 1.165) is 70.9 Å². The van der Waals surface area contributed by atoms with Crippen molar-refractivity contribution in [1.82, 2.24) is 19.5 Å².